The Hall–Kier alpha value is -1.19. The van der Waals surface area contributed by atoms with Crippen LogP contribution in [0.25, 0.3) is 11.3 Å². The molecular weight excluding hydrogens is 276 g/mol. The highest BCUT2D eigenvalue weighted by Crippen LogP contribution is 2.30. The van der Waals surface area contributed by atoms with Crippen LogP contribution in [-0.4, -0.2) is 18.1 Å². The number of nitrogens with zero attached hydrogens (tertiary/aromatic N) is 1. The van der Waals surface area contributed by atoms with E-state index in [1.54, 1.807) is 11.3 Å². The molecule has 1 atom stereocenters. The highest BCUT2D eigenvalue weighted by Gasteiger charge is 2.20. The lowest BCUT2D eigenvalue weighted by Gasteiger charge is -2.18. The van der Waals surface area contributed by atoms with E-state index in [1.807, 2.05) is 0 Å². The molecule has 1 aromatic heterocycles. The lowest BCUT2D eigenvalue weighted by molar-refractivity contribution is 0.402. The van der Waals surface area contributed by atoms with Gasteiger partial charge >= 0.3 is 0 Å². The van der Waals surface area contributed by atoms with Crippen molar-refractivity contribution in [2.24, 2.45) is 5.92 Å². The summed E-state index contributed by atoms with van der Waals surface area (Å²) < 4.78 is 0. The SMILES string of the molecule is CNC(Cc1nc(-c2ccccc2)cs1)CC1CCCC1. The van der Waals surface area contributed by atoms with Crippen molar-refractivity contribution in [1.29, 1.82) is 0 Å². The molecule has 21 heavy (non-hydrogen) atoms. The summed E-state index contributed by atoms with van der Waals surface area (Å²) >= 11 is 1.79. The van der Waals surface area contributed by atoms with Crippen LogP contribution in [0.1, 0.15) is 37.1 Å². The Morgan fingerprint density at radius 1 is 1.24 bits per heavy atom. The van der Waals surface area contributed by atoms with E-state index in [9.17, 15) is 0 Å². The second-order valence-electron chi connectivity index (χ2n) is 6.07. The largest absolute Gasteiger partial charge is 0.317 e. The Morgan fingerprint density at radius 2 is 2.00 bits per heavy atom. The maximum atomic E-state index is 4.82. The van der Waals surface area contributed by atoms with Crippen LogP contribution in [0, 0.1) is 5.92 Å². The number of benzene rings is 1. The van der Waals surface area contributed by atoms with Crippen LogP contribution in [0.2, 0.25) is 0 Å². The van der Waals surface area contributed by atoms with Gasteiger partial charge < -0.3 is 5.32 Å². The van der Waals surface area contributed by atoms with Gasteiger partial charge in [-0.3, -0.25) is 0 Å². The van der Waals surface area contributed by atoms with Gasteiger partial charge in [-0.05, 0) is 19.4 Å². The molecule has 0 amide bonds. The third-order valence-electron chi connectivity index (χ3n) is 4.54. The first-order chi connectivity index (χ1) is 10.3. The molecule has 0 saturated heterocycles. The van der Waals surface area contributed by atoms with Crippen molar-refractivity contribution >= 4 is 11.3 Å². The van der Waals surface area contributed by atoms with Gasteiger partial charge in [0, 0.05) is 23.4 Å². The highest BCUT2D eigenvalue weighted by molar-refractivity contribution is 7.09. The fraction of sp³-hybridized carbons (Fsp3) is 0.500. The molecule has 3 heteroatoms. The topological polar surface area (TPSA) is 24.9 Å². The van der Waals surface area contributed by atoms with Crippen LogP contribution < -0.4 is 5.32 Å². The quantitative estimate of drug-likeness (QED) is 0.848. The zero-order valence-corrected chi connectivity index (χ0v) is 13.5. The van der Waals surface area contributed by atoms with E-state index in [0.29, 0.717) is 6.04 Å². The number of nitrogens with one attached hydrogen (secondary N) is 1. The molecule has 1 aromatic carbocycles. The van der Waals surface area contributed by atoms with Crippen LogP contribution >= 0.6 is 11.3 Å². The lowest BCUT2D eigenvalue weighted by atomic mass is 9.97. The molecule has 1 unspecified atom stereocenters. The molecule has 1 fully saturated rings. The fourth-order valence-electron chi connectivity index (χ4n) is 3.31. The van der Waals surface area contributed by atoms with Crippen molar-refractivity contribution in [1.82, 2.24) is 10.3 Å². The summed E-state index contributed by atoms with van der Waals surface area (Å²) in [5.41, 5.74) is 2.34. The summed E-state index contributed by atoms with van der Waals surface area (Å²) in [6.45, 7) is 0. The first-order valence-electron chi connectivity index (χ1n) is 8.02. The molecule has 1 aliphatic rings. The molecule has 2 nitrogen and oxygen atoms in total. The van der Waals surface area contributed by atoms with Gasteiger partial charge in [-0.1, -0.05) is 56.0 Å². The predicted molar refractivity (Wildman–Crippen MR) is 90.7 cm³/mol. The molecule has 112 valence electrons. The van der Waals surface area contributed by atoms with Gasteiger partial charge in [0.05, 0.1) is 10.7 Å². The molecule has 0 radical (unpaired) electrons. The zero-order chi connectivity index (χ0) is 14.5. The number of likely N-dealkylation sites (N-methyl/N-ethyl adjacent to an activating group) is 1. The normalized spacial score (nSPS) is 17.2. The Bertz CT molecular complexity index is 543. The van der Waals surface area contributed by atoms with Crippen molar-refractivity contribution in [3.8, 4) is 11.3 Å². The molecule has 3 rings (SSSR count). The highest BCUT2D eigenvalue weighted by atomic mass is 32.1. The van der Waals surface area contributed by atoms with Crippen LogP contribution in [-0.2, 0) is 6.42 Å². The number of rotatable bonds is 6. The van der Waals surface area contributed by atoms with Gasteiger partial charge in [0.15, 0.2) is 0 Å². The Morgan fingerprint density at radius 3 is 2.71 bits per heavy atom. The smallest absolute Gasteiger partial charge is 0.0948 e. The predicted octanol–water partition coefficient (Wildman–Crippen LogP) is 4.52. The summed E-state index contributed by atoms with van der Waals surface area (Å²) in [4.78, 5) is 4.82. The molecule has 0 spiro atoms. The number of hydrogen-bond acceptors (Lipinski definition) is 3. The Labute approximate surface area is 131 Å². The van der Waals surface area contributed by atoms with E-state index in [-0.39, 0.29) is 0 Å². The molecule has 1 heterocycles. The number of thiazole rings is 1. The van der Waals surface area contributed by atoms with Crippen molar-refractivity contribution in [3.05, 3.63) is 40.7 Å². The molecule has 1 aliphatic carbocycles. The van der Waals surface area contributed by atoms with Crippen LogP contribution in [0.15, 0.2) is 35.7 Å². The second-order valence-corrected chi connectivity index (χ2v) is 7.01. The van der Waals surface area contributed by atoms with Gasteiger partial charge in [-0.25, -0.2) is 4.98 Å². The van der Waals surface area contributed by atoms with Crippen LogP contribution in [0.5, 0.6) is 0 Å². The van der Waals surface area contributed by atoms with Gasteiger partial charge in [0.25, 0.3) is 0 Å². The third kappa shape index (κ3) is 3.92. The Balaban J connectivity index is 1.62. The second kappa shape index (κ2) is 7.19. The minimum Gasteiger partial charge on any atom is -0.317 e. The van der Waals surface area contributed by atoms with Gasteiger partial charge in [-0.15, -0.1) is 11.3 Å². The first-order valence-corrected chi connectivity index (χ1v) is 8.90. The van der Waals surface area contributed by atoms with Crippen LogP contribution in [0.4, 0.5) is 0 Å². The van der Waals surface area contributed by atoms with Gasteiger partial charge in [0.1, 0.15) is 0 Å². The summed E-state index contributed by atoms with van der Waals surface area (Å²) in [7, 11) is 2.09. The maximum absolute atomic E-state index is 4.82. The van der Waals surface area contributed by atoms with E-state index in [0.717, 1.165) is 18.0 Å². The average molecular weight is 300 g/mol. The van der Waals surface area contributed by atoms with E-state index < -0.39 is 0 Å². The van der Waals surface area contributed by atoms with E-state index in [4.69, 9.17) is 4.98 Å². The average Bonchev–Trinajstić information content (AvgIpc) is 3.19. The number of aromatic nitrogens is 1. The molecule has 1 N–H and O–H groups in total. The van der Waals surface area contributed by atoms with Gasteiger partial charge in [0.2, 0.25) is 0 Å². The van der Waals surface area contributed by atoms with E-state index in [1.165, 1.54) is 42.7 Å². The minimum atomic E-state index is 0.572. The van der Waals surface area contributed by atoms with Crippen LogP contribution in [0.3, 0.4) is 0 Å². The van der Waals surface area contributed by atoms with E-state index >= 15 is 0 Å². The van der Waals surface area contributed by atoms with Crippen molar-refractivity contribution in [3.63, 3.8) is 0 Å². The van der Waals surface area contributed by atoms with Crippen molar-refractivity contribution < 1.29 is 0 Å². The summed E-state index contributed by atoms with van der Waals surface area (Å²) in [5.74, 6) is 0.927. The molecule has 0 bridgehead atoms. The summed E-state index contributed by atoms with van der Waals surface area (Å²) in [5, 5.41) is 6.94. The standard InChI is InChI=1S/C18H24N2S/c1-19-16(11-14-7-5-6-8-14)12-18-20-17(13-21-18)15-9-3-2-4-10-15/h2-4,9-10,13-14,16,19H,5-8,11-12H2,1H3. The summed E-state index contributed by atoms with van der Waals surface area (Å²) in [6.07, 6.45) is 8.06. The fourth-order valence-corrected chi connectivity index (χ4v) is 4.19. The molecule has 0 aliphatic heterocycles. The zero-order valence-electron chi connectivity index (χ0n) is 12.7. The van der Waals surface area contributed by atoms with Gasteiger partial charge in [-0.2, -0.15) is 0 Å². The lowest BCUT2D eigenvalue weighted by Crippen LogP contribution is -2.29. The molecule has 2 aromatic rings. The van der Waals surface area contributed by atoms with Crippen molar-refractivity contribution in [2.45, 2.75) is 44.6 Å². The first kappa shape index (κ1) is 14.7. The third-order valence-corrected chi connectivity index (χ3v) is 5.41. The van der Waals surface area contributed by atoms with Crippen molar-refractivity contribution in [2.75, 3.05) is 7.05 Å². The molecular formula is C18H24N2S. The monoisotopic (exact) mass is 300 g/mol. The summed E-state index contributed by atoms with van der Waals surface area (Å²) in [6, 6.07) is 11.0. The number of hydrogen-bond donors (Lipinski definition) is 1. The Kier molecular flexibility index (Phi) is 5.04. The maximum Gasteiger partial charge on any atom is 0.0948 e. The minimum absolute atomic E-state index is 0.572. The molecule has 1 saturated carbocycles. The van der Waals surface area contributed by atoms with E-state index in [2.05, 4.69) is 48.1 Å².